The van der Waals surface area contributed by atoms with Gasteiger partial charge in [-0.2, -0.15) is 0 Å². The Labute approximate surface area is 109 Å². The highest BCUT2D eigenvalue weighted by Gasteiger charge is 2.23. The maximum absolute atomic E-state index is 11.4. The van der Waals surface area contributed by atoms with Crippen molar-refractivity contribution in [2.24, 2.45) is 0 Å². The fraction of sp³-hybridized carbons (Fsp3) is 0.333. The van der Waals surface area contributed by atoms with Crippen LogP contribution in [0, 0.1) is 0 Å². The molecule has 0 spiro atoms. The summed E-state index contributed by atoms with van der Waals surface area (Å²) < 4.78 is 9.43. The molecule has 7 heteroatoms. The summed E-state index contributed by atoms with van der Waals surface area (Å²) in [5.74, 6) is -0.347. The first-order valence-electron chi connectivity index (χ1n) is 5.41. The largest absolute Gasteiger partial charge is 0.508 e. The summed E-state index contributed by atoms with van der Waals surface area (Å²) >= 11 is 0. The van der Waals surface area contributed by atoms with E-state index in [9.17, 15) is 14.7 Å². The van der Waals surface area contributed by atoms with Gasteiger partial charge in [-0.3, -0.25) is 0 Å². The van der Waals surface area contributed by atoms with Crippen LogP contribution in [0.5, 0.6) is 11.5 Å². The van der Waals surface area contributed by atoms with Crippen molar-refractivity contribution in [2.45, 2.75) is 12.5 Å². The number of nitrogens with one attached hydrogen (secondary N) is 1. The number of methoxy groups -OCH3 is 2. The van der Waals surface area contributed by atoms with E-state index in [1.54, 1.807) is 12.1 Å². The second kappa shape index (κ2) is 6.48. The lowest BCUT2D eigenvalue weighted by atomic mass is 10.0. The second-order valence-electron chi connectivity index (χ2n) is 3.72. The van der Waals surface area contributed by atoms with E-state index in [0.29, 0.717) is 11.3 Å². The Bertz CT molecular complexity index is 473. The Kier molecular flexibility index (Phi) is 4.99. The third kappa shape index (κ3) is 4.06. The number of hydrogen-bond acceptors (Lipinski definition) is 5. The van der Waals surface area contributed by atoms with Gasteiger partial charge in [-0.1, -0.05) is 6.07 Å². The summed E-state index contributed by atoms with van der Waals surface area (Å²) in [7, 11) is 2.62. The van der Waals surface area contributed by atoms with Crippen LogP contribution in [0.3, 0.4) is 0 Å². The molecule has 1 unspecified atom stereocenters. The van der Waals surface area contributed by atoms with Crippen LogP contribution >= 0.6 is 0 Å². The smallest absolute Gasteiger partial charge is 0.405 e. The van der Waals surface area contributed by atoms with Crippen LogP contribution in [0.4, 0.5) is 4.79 Å². The first-order chi connectivity index (χ1) is 8.97. The lowest BCUT2D eigenvalue weighted by Gasteiger charge is -2.15. The first kappa shape index (κ1) is 14.6. The SMILES string of the molecule is COC(=O)C(Cc1ccc(OC)cc1O)NC(=O)O. The fourth-order valence-electron chi connectivity index (χ4n) is 1.55. The highest BCUT2D eigenvalue weighted by Crippen LogP contribution is 2.24. The summed E-state index contributed by atoms with van der Waals surface area (Å²) in [6.45, 7) is 0. The number of amides is 1. The second-order valence-corrected chi connectivity index (χ2v) is 3.72. The molecule has 0 aliphatic carbocycles. The molecule has 104 valence electrons. The van der Waals surface area contributed by atoms with Crippen LogP contribution in [-0.2, 0) is 16.0 Å². The molecule has 1 aromatic carbocycles. The number of ether oxygens (including phenoxy) is 2. The number of hydrogen-bond donors (Lipinski definition) is 3. The van der Waals surface area contributed by atoms with E-state index in [-0.39, 0.29) is 12.2 Å². The van der Waals surface area contributed by atoms with Gasteiger partial charge in [0.1, 0.15) is 17.5 Å². The third-order valence-corrected chi connectivity index (χ3v) is 2.50. The molecule has 0 aliphatic heterocycles. The maximum atomic E-state index is 11.4. The molecule has 1 amide bonds. The summed E-state index contributed by atoms with van der Waals surface area (Å²) in [5.41, 5.74) is 0.407. The molecule has 0 radical (unpaired) electrons. The predicted octanol–water partition coefficient (Wildman–Crippen LogP) is 0.752. The van der Waals surface area contributed by atoms with E-state index in [1.165, 1.54) is 13.2 Å². The lowest BCUT2D eigenvalue weighted by molar-refractivity contribution is -0.142. The minimum absolute atomic E-state index is 0.0190. The average Bonchev–Trinajstić information content (AvgIpc) is 2.38. The van der Waals surface area contributed by atoms with E-state index < -0.39 is 18.1 Å². The zero-order chi connectivity index (χ0) is 14.4. The van der Waals surface area contributed by atoms with Crippen molar-refractivity contribution >= 4 is 12.1 Å². The van der Waals surface area contributed by atoms with E-state index in [1.807, 2.05) is 5.32 Å². The average molecular weight is 269 g/mol. The molecule has 0 heterocycles. The van der Waals surface area contributed by atoms with Gasteiger partial charge in [-0.15, -0.1) is 0 Å². The van der Waals surface area contributed by atoms with Crippen molar-refractivity contribution in [2.75, 3.05) is 14.2 Å². The van der Waals surface area contributed by atoms with Crippen LogP contribution in [-0.4, -0.2) is 42.5 Å². The standard InChI is InChI=1S/C12H15NO6/c1-18-8-4-3-7(10(14)6-8)5-9(11(15)19-2)13-12(16)17/h3-4,6,9,13-14H,5H2,1-2H3,(H,16,17). The summed E-state index contributed by atoms with van der Waals surface area (Å²) in [5, 5.41) is 20.4. The van der Waals surface area contributed by atoms with Crippen LogP contribution in [0.15, 0.2) is 18.2 Å². The molecule has 1 rings (SSSR count). The number of carbonyl (C=O) groups excluding carboxylic acids is 1. The molecular weight excluding hydrogens is 254 g/mol. The number of carbonyl (C=O) groups is 2. The molecule has 1 atom stereocenters. The molecule has 0 bridgehead atoms. The number of benzene rings is 1. The van der Waals surface area contributed by atoms with Crippen molar-refractivity contribution in [3.05, 3.63) is 23.8 Å². The minimum Gasteiger partial charge on any atom is -0.508 e. The monoisotopic (exact) mass is 269 g/mol. The number of rotatable bonds is 5. The Balaban J connectivity index is 2.89. The lowest BCUT2D eigenvalue weighted by Crippen LogP contribution is -2.42. The van der Waals surface area contributed by atoms with Crippen LogP contribution in [0.2, 0.25) is 0 Å². The van der Waals surface area contributed by atoms with Gasteiger partial charge in [-0.05, 0) is 11.6 Å². The van der Waals surface area contributed by atoms with Gasteiger partial charge in [0.05, 0.1) is 14.2 Å². The van der Waals surface area contributed by atoms with Gasteiger partial charge in [0.25, 0.3) is 0 Å². The molecule has 0 saturated carbocycles. The van der Waals surface area contributed by atoms with Crippen molar-refractivity contribution in [3.8, 4) is 11.5 Å². The van der Waals surface area contributed by atoms with Crippen LogP contribution in [0.1, 0.15) is 5.56 Å². The number of esters is 1. The molecule has 3 N–H and O–H groups in total. The fourth-order valence-corrected chi connectivity index (χ4v) is 1.55. The van der Waals surface area contributed by atoms with E-state index in [0.717, 1.165) is 7.11 Å². The van der Waals surface area contributed by atoms with Crippen molar-refractivity contribution in [1.82, 2.24) is 5.32 Å². The molecule has 0 aliphatic rings. The van der Waals surface area contributed by atoms with Gasteiger partial charge >= 0.3 is 12.1 Å². The Morgan fingerprint density at radius 3 is 2.53 bits per heavy atom. The molecule has 0 fully saturated rings. The van der Waals surface area contributed by atoms with Crippen LogP contribution < -0.4 is 10.1 Å². The van der Waals surface area contributed by atoms with E-state index in [2.05, 4.69) is 4.74 Å². The zero-order valence-corrected chi connectivity index (χ0v) is 10.5. The summed E-state index contributed by atoms with van der Waals surface area (Å²) in [6.07, 6.45) is -1.36. The first-order valence-corrected chi connectivity index (χ1v) is 5.41. The number of carboxylic acid groups (broad SMARTS) is 1. The summed E-state index contributed by atoms with van der Waals surface area (Å²) in [4.78, 5) is 22.0. The molecule has 0 aromatic heterocycles. The van der Waals surface area contributed by atoms with Gasteiger partial charge in [0, 0.05) is 12.5 Å². The minimum atomic E-state index is -1.34. The quantitative estimate of drug-likeness (QED) is 0.681. The molecule has 0 saturated heterocycles. The summed E-state index contributed by atoms with van der Waals surface area (Å²) in [6, 6.07) is 3.45. The zero-order valence-electron chi connectivity index (χ0n) is 10.5. The molecule has 1 aromatic rings. The van der Waals surface area contributed by atoms with Crippen LogP contribution in [0.25, 0.3) is 0 Å². The predicted molar refractivity (Wildman–Crippen MR) is 65.3 cm³/mol. The third-order valence-electron chi connectivity index (χ3n) is 2.50. The molecule has 19 heavy (non-hydrogen) atoms. The highest BCUT2D eigenvalue weighted by molar-refractivity contribution is 5.81. The van der Waals surface area contributed by atoms with E-state index >= 15 is 0 Å². The normalized spacial score (nSPS) is 11.5. The Hall–Kier alpha value is -2.44. The molecule has 7 nitrogen and oxygen atoms in total. The topological polar surface area (TPSA) is 105 Å². The van der Waals surface area contributed by atoms with Gasteiger partial charge < -0.3 is 25.0 Å². The van der Waals surface area contributed by atoms with Gasteiger partial charge in [0.15, 0.2) is 0 Å². The number of phenols is 1. The van der Waals surface area contributed by atoms with Crippen molar-refractivity contribution in [1.29, 1.82) is 0 Å². The number of phenolic OH excluding ortho intramolecular Hbond substituents is 1. The Morgan fingerprint density at radius 2 is 2.05 bits per heavy atom. The van der Waals surface area contributed by atoms with Crippen molar-refractivity contribution in [3.63, 3.8) is 0 Å². The van der Waals surface area contributed by atoms with Crippen molar-refractivity contribution < 1.29 is 29.3 Å². The van der Waals surface area contributed by atoms with E-state index in [4.69, 9.17) is 9.84 Å². The highest BCUT2D eigenvalue weighted by atomic mass is 16.5. The Morgan fingerprint density at radius 1 is 1.37 bits per heavy atom. The van der Waals surface area contributed by atoms with Gasteiger partial charge in [0.2, 0.25) is 0 Å². The van der Waals surface area contributed by atoms with Gasteiger partial charge in [-0.25, -0.2) is 9.59 Å². The maximum Gasteiger partial charge on any atom is 0.405 e. The number of aromatic hydroxyl groups is 1. The molecular formula is C12H15NO6.